The molecule has 0 spiro atoms. The number of halogens is 1. The lowest BCUT2D eigenvalue weighted by molar-refractivity contribution is -0.156. The number of hydrogen-bond donors (Lipinski definition) is 3. The number of piperidine rings is 1. The molecule has 14 heteroatoms. The van der Waals surface area contributed by atoms with Gasteiger partial charge < -0.3 is 25.4 Å². The summed E-state index contributed by atoms with van der Waals surface area (Å²) in [5.41, 5.74) is 7.39. The number of carbonyl (C=O) groups excluding carboxylic acids is 3. The molecule has 4 N–H and O–H groups in total. The SMILES string of the molecule is COc1cc(C)c(S(=O)(=O)N[C@@H](CC(=O)OC(C)(C)C)C(=O)NC(Cc2ccc3c(N)nccc3c2)C(=O)N2CCCCC2)c(C)c1C.Cl. The molecule has 2 atom stereocenters. The lowest BCUT2D eigenvalue weighted by atomic mass is 10.00. The molecule has 2 aromatic carbocycles. The van der Waals surface area contributed by atoms with Crippen LogP contribution in [0.5, 0.6) is 5.75 Å². The van der Waals surface area contributed by atoms with Crippen molar-refractivity contribution in [2.75, 3.05) is 25.9 Å². The number of benzene rings is 2. The second-order valence-electron chi connectivity index (χ2n) is 13.3. The van der Waals surface area contributed by atoms with Crippen LogP contribution in [-0.4, -0.2) is 74.0 Å². The van der Waals surface area contributed by atoms with E-state index in [0.29, 0.717) is 41.3 Å². The van der Waals surface area contributed by atoms with Crippen molar-refractivity contribution >= 4 is 56.8 Å². The Morgan fingerprint density at radius 2 is 1.67 bits per heavy atom. The summed E-state index contributed by atoms with van der Waals surface area (Å²) in [5.74, 6) is -0.977. The van der Waals surface area contributed by atoms with Crippen molar-refractivity contribution in [3.63, 3.8) is 0 Å². The monoisotopic (exact) mass is 717 g/mol. The molecular weight excluding hydrogens is 670 g/mol. The van der Waals surface area contributed by atoms with Crippen LogP contribution in [0, 0.1) is 20.8 Å². The van der Waals surface area contributed by atoms with E-state index in [2.05, 4.69) is 15.0 Å². The lowest BCUT2D eigenvalue weighted by Crippen LogP contribution is -2.56. The van der Waals surface area contributed by atoms with Gasteiger partial charge in [-0.25, -0.2) is 13.4 Å². The standard InChI is InChI=1S/C35H47N5O7S.ClH/c1-21-17-29(46-7)22(2)23(3)31(21)48(44,45)39-27(20-30(41)47-35(4,5)6)33(42)38-28(34(43)40-15-9-8-10-16-40)19-24-11-12-26-25(18-24)13-14-37-32(26)36;/h11-14,17-18,27-28,39H,8-10,15-16,19-20H2,1-7H3,(H2,36,37)(H,38,42);1H/t27-,28?;/m0./s1. The van der Waals surface area contributed by atoms with E-state index in [4.69, 9.17) is 15.2 Å². The maximum absolute atomic E-state index is 14.1. The van der Waals surface area contributed by atoms with Crippen molar-refractivity contribution in [1.29, 1.82) is 0 Å². The molecule has 3 aromatic rings. The zero-order valence-electron chi connectivity index (χ0n) is 29.2. The average Bonchev–Trinajstić information content (AvgIpc) is 3.01. The number of aryl methyl sites for hydroxylation is 1. The fourth-order valence-corrected chi connectivity index (χ4v) is 7.77. The van der Waals surface area contributed by atoms with Crippen LogP contribution >= 0.6 is 12.4 Å². The summed E-state index contributed by atoms with van der Waals surface area (Å²) in [5, 5.41) is 4.39. The molecule has 2 amide bonds. The molecule has 268 valence electrons. The Bertz CT molecular complexity index is 1800. The van der Waals surface area contributed by atoms with Gasteiger partial charge in [0.25, 0.3) is 0 Å². The third kappa shape index (κ3) is 9.83. The number of rotatable bonds is 11. The zero-order valence-corrected chi connectivity index (χ0v) is 30.8. The summed E-state index contributed by atoms with van der Waals surface area (Å²) in [4.78, 5) is 46.9. The molecule has 1 aliphatic rings. The summed E-state index contributed by atoms with van der Waals surface area (Å²) in [7, 11) is -2.85. The van der Waals surface area contributed by atoms with E-state index in [1.165, 1.54) is 7.11 Å². The molecule has 0 aliphatic carbocycles. The highest BCUT2D eigenvalue weighted by atomic mass is 35.5. The molecule has 1 aromatic heterocycles. The van der Waals surface area contributed by atoms with Crippen LogP contribution in [0.2, 0.25) is 0 Å². The van der Waals surface area contributed by atoms with E-state index < -0.39 is 46.0 Å². The van der Waals surface area contributed by atoms with Gasteiger partial charge in [0.1, 0.15) is 29.3 Å². The van der Waals surface area contributed by atoms with E-state index in [1.807, 2.05) is 24.3 Å². The Kier molecular flexibility index (Phi) is 13.0. The Labute approximate surface area is 295 Å². The van der Waals surface area contributed by atoms with Crippen LogP contribution in [-0.2, 0) is 35.6 Å². The van der Waals surface area contributed by atoms with Gasteiger partial charge in [-0.05, 0) is 101 Å². The smallest absolute Gasteiger partial charge is 0.308 e. The molecule has 1 unspecified atom stereocenters. The molecule has 0 bridgehead atoms. The van der Waals surface area contributed by atoms with Gasteiger partial charge in [-0.1, -0.05) is 18.2 Å². The first-order chi connectivity index (χ1) is 22.5. The number of nitrogen functional groups attached to an aromatic ring is 1. The second-order valence-corrected chi connectivity index (χ2v) is 15.0. The highest BCUT2D eigenvalue weighted by molar-refractivity contribution is 7.89. The van der Waals surface area contributed by atoms with Crippen LogP contribution < -0.4 is 20.5 Å². The Balaban J connectivity index is 0.00000650. The number of esters is 1. The number of sulfonamides is 1. The number of methoxy groups -OCH3 is 1. The number of amides is 2. The summed E-state index contributed by atoms with van der Waals surface area (Å²) < 4.78 is 41.2. The summed E-state index contributed by atoms with van der Waals surface area (Å²) in [6.07, 6.45) is 3.82. The van der Waals surface area contributed by atoms with Gasteiger partial charge >= 0.3 is 5.97 Å². The molecule has 0 radical (unpaired) electrons. The number of aromatic nitrogens is 1. The van der Waals surface area contributed by atoms with E-state index in [-0.39, 0.29) is 29.6 Å². The molecular formula is C35H48ClN5O7S. The zero-order chi connectivity index (χ0) is 35.4. The number of pyridine rings is 1. The van der Waals surface area contributed by atoms with E-state index in [9.17, 15) is 22.8 Å². The summed E-state index contributed by atoms with van der Waals surface area (Å²) >= 11 is 0. The van der Waals surface area contributed by atoms with Crippen LogP contribution in [0.1, 0.15) is 68.7 Å². The maximum Gasteiger partial charge on any atom is 0.308 e. The van der Waals surface area contributed by atoms with Gasteiger partial charge in [0, 0.05) is 31.1 Å². The second kappa shape index (κ2) is 16.2. The first kappa shape index (κ1) is 39.5. The maximum atomic E-state index is 14.1. The fraction of sp³-hybridized carbons (Fsp3) is 0.486. The number of nitrogens with two attached hydrogens (primary N) is 1. The first-order valence-electron chi connectivity index (χ1n) is 16.1. The van der Waals surface area contributed by atoms with Crippen LogP contribution in [0.3, 0.4) is 0 Å². The highest BCUT2D eigenvalue weighted by Crippen LogP contribution is 2.31. The van der Waals surface area contributed by atoms with E-state index in [1.54, 1.807) is 58.7 Å². The van der Waals surface area contributed by atoms with Gasteiger partial charge in [0.15, 0.2) is 0 Å². The fourth-order valence-electron chi connectivity index (χ4n) is 6.05. The van der Waals surface area contributed by atoms with Crippen molar-refractivity contribution in [3.8, 4) is 5.75 Å². The molecule has 1 aliphatic heterocycles. The normalized spacial score (nSPS) is 14.8. The van der Waals surface area contributed by atoms with Gasteiger partial charge in [0.2, 0.25) is 21.8 Å². The summed E-state index contributed by atoms with van der Waals surface area (Å²) in [6.45, 7) is 11.2. The average molecular weight is 718 g/mol. The van der Waals surface area contributed by atoms with Gasteiger partial charge in [0.05, 0.1) is 18.4 Å². The molecule has 2 heterocycles. The third-order valence-electron chi connectivity index (χ3n) is 8.45. The Morgan fingerprint density at radius 3 is 2.31 bits per heavy atom. The largest absolute Gasteiger partial charge is 0.496 e. The van der Waals surface area contributed by atoms with Crippen molar-refractivity contribution in [2.45, 2.75) is 96.2 Å². The molecule has 49 heavy (non-hydrogen) atoms. The summed E-state index contributed by atoms with van der Waals surface area (Å²) in [6, 6.07) is 6.33. The number of fused-ring (bicyclic) bond motifs is 1. The van der Waals surface area contributed by atoms with Gasteiger partial charge in [-0.3, -0.25) is 14.4 Å². The number of hydrogen-bond acceptors (Lipinski definition) is 9. The van der Waals surface area contributed by atoms with Crippen LogP contribution in [0.25, 0.3) is 10.8 Å². The molecule has 1 fully saturated rings. The van der Waals surface area contributed by atoms with Crippen molar-refractivity contribution < 1.29 is 32.3 Å². The number of nitrogens with zero attached hydrogens (tertiary/aromatic N) is 2. The third-order valence-corrected chi connectivity index (χ3v) is 10.2. The Hall–Kier alpha value is -3.94. The minimum atomic E-state index is -4.35. The number of likely N-dealkylation sites (tertiary alicyclic amines) is 1. The number of carbonyl (C=O) groups is 3. The Morgan fingerprint density at radius 1 is 1.00 bits per heavy atom. The number of ether oxygens (including phenoxy) is 2. The van der Waals surface area contributed by atoms with E-state index >= 15 is 0 Å². The lowest BCUT2D eigenvalue weighted by Gasteiger charge is -2.31. The van der Waals surface area contributed by atoms with Gasteiger partial charge in [-0.2, -0.15) is 4.72 Å². The van der Waals surface area contributed by atoms with Gasteiger partial charge in [-0.15, -0.1) is 12.4 Å². The minimum absolute atomic E-state index is 0. The number of nitrogens with one attached hydrogen (secondary N) is 2. The molecule has 4 rings (SSSR count). The van der Waals surface area contributed by atoms with Crippen molar-refractivity contribution in [3.05, 3.63) is 58.8 Å². The predicted molar refractivity (Wildman–Crippen MR) is 191 cm³/mol. The topological polar surface area (TPSA) is 170 Å². The van der Waals surface area contributed by atoms with E-state index in [0.717, 1.165) is 35.6 Å². The number of anilines is 1. The molecule has 1 saturated heterocycles. The molecule has 0 saturated carbocycles. The minimum Gasteiger partial charge on any atom is -0.496 e. The quantitative estimate of drug-likeness (QED) is 0.245. The predicted octanol–water partition coefficient (Wildman–Crippen LogP) is 4.29. The molecule has 12 nitrogen and oxygen atoms in total. The van der Waals surface area contributed by atoms with Crippen LogP contribution in [0.15, 0.2) is 41.4 Å². The van der Waals surface area contributed by atoms with Crippen molar-refractivity contribution in [2.24, 2.45) is 0 Å². The first-order valence-corrected chi connectivity index (χ1v) is 17.6. The van der Waals surface area contributed by atoms with Crippen LogP contribution in [0.4, 0.5) is 5.82 Å². The highest BCUT2D eigenvalue weighted by Gasteiger charge is 2.35. The van der Waals surface area contributed by atoms with Crippen molar-refractivity contribution in [1.82, 2.24) is 19.9 Å².